The first kappa shape index (κ1) is 13.0. The second kappa shape index (κ2) is 5.58. The maximum Gasteiger partial charge on any atom is 0.305 e. The Hall–Kier alpha value is -2.96. The number of halogens is 1. The van der Waals surface area contributed by atoms with Gasteiger partial charge in [0, 0.05) is 11.8 Å². The van der Waals surface area contributed by atoms with Crippen LogP contribution in [-0.4, -0.2) is 31.4 Å². The topological polar surface area (TPSA) is 79.7 Å². The standard InChI is InChI=1S/C14H11FN6/c1-2-16-12-11(13-19-14(15)21-20-13)18-10(8-17-12)9-6-4-3-5-7-9/h2-8H,1H3,(H,19,20,21). The van der Waals surface area contributed by atoms with Crippen molar-refractivity contribution in [2.75, 3.05) is 0 Å². The van der Waals surface area contributed by atoms with Crippen LogP contribution in [0.1, 0.15) is 6.92 Å². The molecule has 0 radical (unpaired) electrons. The van der Waals surface area contributed by atoms with E-state index >= 15 is 0 Å². The molecule has 21 heavy (non-hydrogen) atoms. The molecule has 0 aliphatic heterocycles. The number of nitrogens with zero attached hydrogens (tertiary/aromatic N) is 5. The molecule has 0 amide bonds. The van der Waals surface area contributed by atoms with Crippen molar-refractivity contribution in [3.63, 3.8) is 0 Å². The van der Waals surface area contributed by atoms with Crippen LogP contribution in [0, 0.1) is 6.08 Å². The number of hydrogen-bond acceptors (Lipinski definition) is 5. The zero-order chi connectivity index (χ0) is 14.7. The van der Waals surface area contributed by atoms with Gasteiger partial charge in [-0.05, 0) is 6.92 Å². The molecule has 0 saturated carbocycles. The lowest BCUT2D eigenvalue weighted by Gasteiger charge is -2.04. The highest BCUT2D eigenvalue weighted by Gasteiger charge is 2.15. The van der Waals surface area contributed by atoms with Crippen molar-refractivity contribution < 1.29 is 4.39 Å². The maximum absolute atomic E-state index is 13.0. The van der Waals surface area contributed by atoms with Crippen LogP contribution in [0.3, 0.4) is 0 Å². The molecule has 0 fully saturated rings. The van der Waals surface area contributed by atoms with Crippen molar-refractivity contribution in [1.29, 1.82) is 0 Å². The van der Waals surface area contributed by atoms with Gasteiger partial charge in [0.2, 0.25) is 5.82 Å². The quantitative estimate of drug-likeness (QED) is 0.749. The third-order valence-electron chi connectivity index (χ3n) is 2.74. The van der Waals surface area contributed by atoms with Crippen molar-refractivity contribution in [3.8, 4) is 22.8 Å². The van der Waals surface area contributed by atoms with Crippen LogP contribution in [-0.2, 0) is 0 Å². The first-order valence-electron chi connectivity index (χ1n) is 6.27. The first-order valence-corrected chi connectivity index (χ1v) is 6.27. The highest BCUT2D eigenvalue weighted by Crippen LogP contribution is 2.26. The van der Waals surface area contributed by atoms with Gasteiger partial charge >= 0.3 is 6.08 Å². The van der Waals surface area contributed by atoms with Crippen molar-refractivity contribution in [2.45, 2.75) is 6.92 Å². The van der Waals surface area contributed by atoms with Crippen LogP contribution < -0.4 is 0 Å². The number of hydrogen-bond donors (Lipinski definition) is 1. The van der Waals surface area contributed by atoms with E-state index in [1.54, 1.807) is 19.3 Å². The van der Waals surface area contributed by atoms with Crippen LogP contribution in [0.4, 0.5) is 10.2 Å². The molecular formula is C14H11FN6. The lowest BCUT2D eigenvalue weighted by molar-refractivity contribution is 0.544. The average Bonchev–Trinajstić information content (AvgIpc) is 2.95. The van der Waals surface area contributed by atoms with Gasteiger partial charge in [-0.3, -0.25) is 0 Å². The second-order valence-corrected chi connectivity index (χ2v) is 4.13. The van der Waals surface area contributed by atoms with Crippen LogP contribution in [0.5, 0.6) is 0 Å². The molecular weight excluding hydrogens is 271 g/mol. The molecule has 0 unspecified atom stereocenters. The Balaban J connectivity index is 2.15. The minimum absolute atomic E-state index is 0.124. The zero-order valence-electron chi connectivity index (χ0n) is 11.2. The van der Waals surface area contributed by atoms with E-state index in [0.717, 1.165) is 5.56 Å². The SMILES string of the molecule is CC=Nc1ncc(-c2ccccc2)nc1-c1n[nH]c(F)n1. The van der Waals surface area contributed by atoms with Gasteiger partial charge in [0.25, 0.3) is 0 Å². The Bertz CT molecular complexity index is 781. The summed E-state index contributed by atoms with van der Waals surface area (Å²) in [5, 5.41) is 5.92. The fourth-order valence-corrected chi connectivity index (χ4v) is 1.85. The van der Waals surface area contributed by atoms with Gasteiger partial charge in [-0.1, -0.05) is 30.3 Å². The zero-order valence-corrected chi connectivity index (χ0v) is 11.2. The number of benzene rings is 1. The smallest absolute Gasteiger partial charge is 0.240 e. The molecule has 2 heterocycles. The Morgan fingerprint density at radius 2 is 2.00 bits per heavy atom. The molecule has 0 aliphatic carbocycles. The Labute approximate surface area is 119 Å². The highest BCUT2D eigenvalue weighted by atomic mass is 19.1. The minimum Gasteiger partial charge on any atom is -0.240 e. The summed E-state index contributed by atoms with van der Waals surface area (Å²) in [6.07, 6.45) is 2.42. The van der Waals surface area contributed by atoms with Crippen molar-refractivity contribution in [3.05, 3.63) is 42.6 Å². The van der Waals surface area contributed by atoms with Crippen LogP contribution in [0.25, 0.3) is 22.8 Å². The van der Waals surface area contributed by atoms with E-state index in [4.69, 9.17) is 0 Å². The predicted octanol–water partition coefficient (Wildman–Crippen LogP) is 2.79. The molecule has 2 aromatic heterocycles. The molecule has 7 heteroatoms. The molecule has 3 aromatic rings. The fraction of sp³-hybridized carbons (Fsp3) is 0.0714. The molecule has 104 valence electrons. The van der Waals surface area contributed by atoms with Crippen molar-refractivity contribution >= 4 is 12.0 Å². The third-order valence-corrected chi connectivity index (χ3v) is 2.74. The van der Waals surface area contributed by atoms with E-state index in [1.165, 1.54) is 0 Å². The summed E-state index contributed by atoms with van der Waals surface area (Å²) in [6.45, 7) is 1.76. The maximum atomic E-state index is 13.0. The average molecular weight is 282 g/mol. The largest absolute Gasteiger partial charge is 0.305 e. The number of nitrogens with one attached hydrogen (secondary N) is 1. The number of aromatic nitrogens is 5. The molecule has 1 N–H and O–H groups in total. The molecule has 6 nitrogen and oxygen atoms in total. The number of aliphatic imine (C=N–C) groups is 1. The van der Waals surface area contributed by atoms with Gasteiger partial charge in [-0.15, -0.1) is 5.10 Å². The van der Waals surface area contributed by atoms with Gasteiger partial charge < -0.3 is 0 Å². The summed E-state index contributed by atoms with van der Waals surface area (Å²) in [6, 6.07) is 9.55. The van der Waals surface area contributed by atoms with Crippen molar-refractivity contribution in [2.24, 2.45) is 4.99 Å². The monoisotopic (exact) mass is 282 g/mol. The van der Waals surface area contributed by atoms with Crippen LogP contribution >= 0.6 is 0 Å². The molecule has 0 atom stereocenters. The van der Waals surface area contributed by atoms with Crippen molar-refractivity contribution in [1.82, 2.24) is 25.1 Å². The van der Waals surface area contributed by atoms with E-state index in [1.807, 2.05) is 30.3 Å². The third kappa shape index (κ3) is 2.66. The lowest BCUT2D eigenvalue weighted by Crippen LogP contribution is -1.94. The van der Waals surface area contributed by atoms with E-state index in [-0.39, 0.29) is 5.82 Å². The van der Waals surface area contributed by atoms with Crippen LogP contribution in [0.15, 0.2) is 41.5 Å². The van der Waals surface area contributed by atoms with Gasteiger partial charge in [-0.25, -0.2) is 20.1 Å². The summed E-state index contributed by atoms with van der Waals surface area (Å²) >= 11 is 0. The first-order chi connectivity index (χ1) is 10.3. The summed E-state index contributed by atoms with van der Waals surface area (Å²) < 4.78 is 13.0. The number of aromatic amines is 1. The van der Waals surface area contributed by atoms with Gasteiger partial charge in [0.15, 0.2) is 11.5 Å². The van der Waals surface area contributed by atoms with Gasteiger partial charge in [0.05, 0.1) is 11.9 Å². The minimum atomic E-state index is -0.775. The van der Waals surface area contributed by atoms with E-state index in [9.17, 15) is 4.39 Å². The Morgan fingerprint density at radius 3 is 2.67 bits per heavy atom. The Morgan fingerprint density at radius 1 is 1.19 bits per heavy atom. The normalized spacial score (nSPS) is 11.1. The summed E-state index contributed by atoms with van der Waals surface area (Å²) in [7, 11) is 0. The highest BCUT2D eigenvalue weighted by molar-refractivity contribution is 5.71. The van der Waals surface area contributed by atoms with E-state index in [2.05, 4.69) is 30.1 Å². The van der Waals surface area contributed by atoms with E-state index < -0.39 is 6.08 Å². The Kier molecular flexibility index (Phi) is 3.46. The summed E-state index contributed by atoms with van der Waals surface area (Å²) in [4.78, 5) is 16.5. The fourth-order valence-electron chi connectivity index (χ4n) is 1.85. The summed E-state index contributed by atoms with van der Waals surface area (Å²) in [5.41, 5.74) is 1.87. The molecule has 0 bridgehead atoms. The molecule has 0 saturated heterocycles. The predicted molar refractivity (Wildman–Crippen MR) is 76.6 cm³/mol. The van der Waals surface area contributed by atoms with Crippen LogP contribution in [0.2, 0.25) is 0 Å². The number of rotatable bonds is 3. The second-order valence-electron chi connectivity index (χ2n) is 4.13. The lowest BCUT2D eigenvalue weighted by atomic mass is 10.1. The molecule has 0 aliphatic rings. The molecule has 3 rings (SSSR count). The van der Waals surface area contributed by atoms with E-state index in [0.29, 0.717) is 17.2 Å². The number of H-pyrrole nitrogens is 1. The summed E-state index contributed by atoms with van der Waals surface area (Å²) in [5.74, 6) is 0.467. The molecule has 1 aromatic carbocycles. The van der Waals surface area contributed by atoms with Gasteiger partial charge in [0.1, 0.15) is 0 Å². The molecule has 0 spiro atoms. The van der Waals surface area contributed by atoms with Gasteiger partial charge in [-0.2, -0.15) is 9.37 Å².